The molecule has 1 amide bonds. The molecule has 0 atom stereocenters. The molecule has 1 N–H and O–H groups in total. The number of anilines is 2. The highest BCUT2D eigenvalue weighted by molar-refractivity contribution is 5.92. The Kier molecular flexibility index (Phi) is 4.46. The molecule has 104 valence electrons. The zero-order chi connectivity index (χ0) is 13.8. The van der Waals surface area contributed by atoms with E-state index in [1.807, 2.05) is 26.0 Å². The Morgan fingerprint density at radius 1 is 1.21 bits per heavy atom. The number of piperidine rings is 1. The highest BCUT2D eigenvalue weighted by atomic mass is 16.1. The molecule has 3 nitrogen and oxygen atoms in total. The van der Waals surface area contributed by atoms with Gasteiger partial charge in [0, 0.05) is 30.4 Å². The maximum atomic E-state index is 11.6. The number of amides is 1. The lowest BCUT2D eigenvalue weighted by molar-refractivity contribution is -0.118. The number of carbonyl (C=O) groups excluding carboxylic acids is 1. The summed E-state index contributed by atoms with van der Waals surface area (Å²) in [6, 6.07) is 8.19. The Bertz CT molecular complexity index is 417. The van der Waals surface area contributed by atoms with Gasteiger partial charge in [0.2, 0.25) is 5.91 Å². The summed E-state index contributed by atoms with van der Waals surface area (Å²) in [6.45, 7) is 8.40. The minimum atomic E-state index is 0.0169. The molecule has 0 unspecified atom stereocenters. The number of rotatable bonds is 3. The fourth-order valence-corrected chi connectivity index (χ4v) is 2.31. The molecule has 2 rings (SSSR count). The quantitative estimate of drug-likeness (QED) is 0.902. The third-order valence-electron chi connectivity index (χ3n) is 3.81. The van der Waals surface area contributed by atoms with Crippen molar-refractivity contribution in [2.75, 3.05) is 23.3 Å². The fourth-order valence-electron chi connectivity index (χ4n) is 2.31. The van der Waals surface area contributed by atoms with E-state index in [4.69, 9.17) is 0 Å². The summed E-state index contributed by atoms with van der Waals surface area (Å²) in [4.78, 5) is 14.0. The lowest BCUT2D eigenvalue weighted by Gasteiger charge is -2.32. The topological polar surface area (TPSA) is 32.3 Å². The first kappa shape index (κ1) is 13.9. The molecule has 0 saturated carbocycles. The molecular formula is C16H24N2O. The van der Waals surface area contributed by atoms with Crippen LogP contribution in [-0.4, -0.2) is 19.0 Å². The largest absolute Gasteiger partial charge is 0.372 e. The van der Waals surface area contributed by atoms with Crippen LogP contribution in [0.4, 0.5) is 11.4 Å². The first-order valence-electron chi connectivity index (χ1n) is 7.22. The van der Waals surface area contributed by atoms with E-state index in [0.29, 0.717) is 0 Å². The summed E-state index contributed by atoms with van der Waals surface area (Å²) >= 11 is 0. The molecule has 0 aliphatic carbocycles. The fraction of sp³-hybridized carbons (Fsp3) is 0.562. The average Bonchev–Trinajstić information content (AvgIpc) is 2.40. The van der Waals surface area contributed by atoms with Gasteiger partial charge in [-0.3, -0.25) is 4.79 Å². The van der Waals surface area contributed by atoms with Crippen LogP contribution < -0.4 is 10.2 Å². The van der Waals surface area contributed by atoms with E-state index in [0.717, 1.165) is 24.7 Å². The van der Waals surface area contributed by atoms with Crippen molar-refractivity contribution >= 4 is 17.3 Å². The molecule has 0 aromatic heterocycles. The third-order valence-corrected chi connectivity index (χ3v) is 3.81. The molecule has 1 aromatic rings. The zero-order valence-corrected chi connectivity index (χ0v) is 12.1. The van der Waals surface area contributed by atoms with E-state index in [2.05, 4.69) is 29.3 Å². The second kappa shape index (κ2) is 6.09. The first-order chi connectivity index (χ1) is 9.06. The maximum absolute atomic E-state index is 11.6. The molecule has 19 heavy (non-hydrogen) atoms. The van der Waals surface area contributed by atoms with Crippen LogP contribution in [0.3, 0.4) is 0 Å². The normalized spacial score (nSPS) is 16.7. The van der Waals surface area contributed by atoms with Crippen LogP contribution in [0.25, 0.3) is 0 Å². The second-order valence-corrected chi connectivity index (χ2v) is 5.86. The van der Waals surface area contributed by atoms with E-state index in [-0.39, 0.29) is 11.8 Å². The van der Waals surface area contributed by atoms with Crippen LogP contribution in [0.5, 0.6) is 0 Å². The van der Waals surface area contributed by atoms with Crippen molar-refractivity contribution in [2.24, 2.45) is 11.8 Å². The van der Waals surface area contributed by atoms with Crippen molar-refractivity contribution < 1.29 is 4.79 Å². The molecular weight excluding hydrogens is 236 g/mol. The number of hydrogen-bond donors (Lipinski definition) is 1. The van der Waals surface area contributed by atoms with E-state index < -0.39 is 0 Å². The number of nitrogens with one attached hydrogen (secondary N) is 1. The van der Waals surface area contributed by atoms with Crippen molar-refractivity contribution in [1.82, 2.24) is 0 Å². The number of nitrogens with zero attached hydrogens (tertiary/aromatic N) is 1. The van der Waals surface area contributed by atoms with Crippen LogP contribution in [-0.2, 0) is 4.79 Å². The Morgan fingerprint density at radius 2 is 1.79 bits per heavy atom. The van der Waals surface area contributed by atoms with Crippen LogP contribution in [0.1, 0.15) is 33.6 Å². The third kappa shape index (κ3) is 3.72. The van der Waals surface area contributed by atoms with Crippen molar-refractivity contribution in [2.45, 2.75) is 33.6 Å². The summed E-state index contributed by atoms with van der Waals surface area (Å²) in [7, 11) is 0. The molecule has 0 spiro atoms. The van der Waals surface area contributed by atoms with Crippen LogP contribution in [0.15, 0.2) is 24.3 Å². The van der Waals surface area contributed by atoms with E-state index in [1.165, 1.54) is 18.5 Å². The molecule has 3 heteroatoms. The average molecular weight is 260 g/mol. The van der Waals surface area contributed by atoms with Crippen molar-refractivity contribution in [1.29, 1.82) is 0 Å². The molecule has 1 fully saturated rings. The van der Waals surface area contributed by atoms with Gasteiger partial charge in [-0.15, -0.1) is 0 Å². The zero-order valence-electron chi connectivity index (χ0n) is 12.1. The highest BCUT2D eigenvalue weighted by Crippen LogP contribution is 2.24. The lowest BCUT2D eigenvalue weighted by Crippen LogP contribution is -2.32. The predicted molar refractivity (Wildman–Crippen MR) is 80.5 cm³/mol. The van der Waals surface area contributed by atoms with E-state index in [1.54, 1.807) is 0 Å². The van der Waals surface area contributed by atoms with Crippen LogP contribution >= 0.6 is 0 Å². The summed E-state index contributed by atoms with van der Waals surface area (Å²) in [5, 5.41) is 2.92. The first-order valence-corrected chi connectivity index (χ1v) is 7.22. The molecule has 1 aliphatic heterocycles. The van der Waals surface area contributed by atoms with Gasteiger partial charge in [0.15, 0.2) is 0 Å². The van der Waals surface area contributed by atoms with Gasteiger partial charge in [-0.2, -0.15) is 0 Å². The summed E-state index contributed by atoms with van der Waals surface area (Å²) in [6.07, 6.45) is 2.54. The van der Waals surface area contributed by atoms with Crippen LogP contribution in [0.2, 0.25) is 0 Å². The van der Waals surface area contributed by atoms with Crippen molar-refractivity contribution in [3.8, 4) is 0 Å². The van der Waals surface area contributed by atoms with Gasteiger partial charge in [-0.1, -0.05) is 20.8 Å². The smallest absolute Gasteiger partial charge is 0.226 e. The summed E-state index contributed by atoms with van der Waals surface area (Å²) in [5.74, 6) is 0.934. The number of benzene rings is 1. The van der Waals surface area contributed by atoms with Gasteiger partial charge in [-0.05, 0) is 43.0 Å². The minimum Gasteiger partial charge on any atom is -0.372 e. The SMILES string of the molecule is CC1CCN(c2ccc(NC(=O)C(C)C)cc2)CC1. The van der Waals surface area contributed by atoms with Gasteiger partial charge in [0.1, 0.15) is 0 Å². The van der Waals surface area contributed by atoms with E-state index in [9.17, 15) is 4.79 Å². The van der Waals surface area contributed by atoms with Gasteiger partial charge in [-0.25, -0.2) is 0 Å². The maximum Gasteiger partial charge on any atom is 0.226 e. The Morgan fingerprint density at radius 3 is 2.32 bits per heavy atom. The van der Waals surface area contributed by atoms with Crippen LogP contribution in [0, 0.1) is 11.8 Å². The highest BCUT2D eigenvalue weighted by Gasteiger charge is 2.16. The Hall–Kier alpha value is -1.51. The summed E-state index contributed by atoms with van der Waals surface area (Å²) < 4.78 is 0. The van der Waals surface area contributed by atoms with Gasteiger partial charge in [0.05, 0.1) is 0 Å². The van der Waals surface area contributed by atoms with Crippen molar-refractivity contribution in [3.05, 3.63) is 24.3 Å². The standard InChI is InChI=1S/C16H24N2O/c1-12(2)16(19)17-14-4-6-15(7-5-14)18-10-8-13(3)9-11-18/h4-7,12-13H,8-11H2,1-3H3,(H,17,19). The summed E-state index contributed by atoms with van der Waals surface area (Å²) in [5.41, 5.74) is 2.14. The second-order valence-electron chi connectivity index (χ2n) is 5.86. The van der Waals surface area contributed by atoms with Gasteiger partial charge >= 0.3 is 0 Å². The molecule has 0 bridgehead atoms. The van der Waals surface area contributed by atoms with E-state index >= 15 is 0 Å². The van der Waals surface area contributed by atoms with Crippen molar-refractivity contribution in [3.63, 3.8) is 0 Å². The Labute approximate surface area is 116 Å². The number of carbonyl (C=O) groups is 1. The van der Waals surface area contributed by atoms with Gasteiger partial charge < -0.3 is 10.2 Å². The lowest BCUT2D eigenvalue weighted by atomic mass is 9.99. The molecule has 0 radical (unpaired) electrons. The minimum absolute atomic E-state index is 0.0169. The Balaban J connectivity index is 1.96. The van der Waals surface area contributed by atoms with Gasteiger partial charge in [0.25, 0.3) is 0 Å². The molecule has 1 aromatic carbocycles. The molecule has 1 saturated heterocycles. The monoisotopic (exact) mass is 260 g/mol. The predicted octanol–water partition coefficient (Wildman–Crippen LogP) is 3.52. The molecule has 1 heterocycles. The number of hydrogen-bond acceptors (Lipinski definition) is 2. The molecule has 1 aliphatic rings.